The molecule has 7 nitrogen and oxygen atoms in total. The summed E-state index contributed by atoms with van der Waals surface area (Å²) in [5, 5.41) is 8.81. The molecule has 1 saturated heterocycles. The number of aliphatic hydroxyl groups is 1. The highest BCUT2D eigenvalue weighted by Gasteiger charge is 2.22. The van der Waals surface area contributed by atoms with Gasteiger partial charge >= 0.3 is 0 Å². The predicted octanol–water partition coefficient (Wildman–Crippen LogP) is 2.26. The number of nitrogens with one attached hydrogen (secondary N) is 1. The zero-order valence-electron chi connectivity index (χ0n) is 17.3. The van der Waals surface area contributed by atoms with Crippen molar-refractivity contribution in [2.45, 2.75) is 24.3 Å². The SMILES string of the molecule is COc1ccc(S(=O)(=O)NCC2CCN(Cc3ccc(OCCO)cc3)CC2)cc1. The van der Waals surface area contributed by atoms with Crippen LogP contribution < -0.4 is 14.2 Å². The zero-order valence-corrected chi connectivity index (χ0v) is 18.1. The number of rotatable bonds is 10. The number of hydrogen-bond donors (Lipinski definition) is 2. The topological polar surface area (TPSA) is 88.1 Å². The van der Waals surface area contributed by atoms with Crippen molar-refractivity contribution in [3.8, 4) is 11.5 Å². The average molecular weight is 435 g/mol. The number of aliphatic hydroxyl groups excluding tert-OH is 1. The lowest BCUT2D eigenvalue weighted by atomic mass is 9.97. The molecular weight excluding hydrogens is 404 g/mol. The normalized spacial score (nSPS) is 15.8. The van der Waals surface area contributed by atoms with Gasteiger partial charge in [-0.15, -0.1) is 0 Å². The van der Waals surface area contributed by atoms with Gasteiger partial charge in [-0.3, -0.25) is 4.90 Å². The number of likely N-dealkylation sites (tertiary alicyclic amines) is 1. The van der Waals surface area contributed by atoms with Crippen LogP contribution in [0.15, 0.2) is 53.4 Å². The maximum atomic E-state index is 12.5. The molecule has 0 aromatic heterocycles. The van der Waals surface area contributed by atoms with Crippen LogP contribution in [0.3, 0.4) is 0 Å². The highest BCUT2D eigenvalue weighted by Crippen LogP contribution is 2.21. The molecule has 0 unspecified atom stereocenters. The Kier molecular flexibility index (Phi) is 8.09. The summed E-state index contributed by atoms with van der Waals surface area (Å²) >= 11 is 0. The number of benzene rings is 2. The Labute approximate surface area is 178 Å². The molecule has 3 rings (SSSR count). The van der Waals surface area contributed by atoms with Gasteiger partial charge in [0.05, 0.1) is 18.6 Å². The quantitative estimate of drug-likeness (QED) is 0.596. The third kappa shape index (κ3) is 6.43. The number of methoxy groups -OCH3 is 1. The Hall–Kier alpha value is -2.13. The Morgan fingerprint density at radius 3 is 2.27 bits per heavy atom. The van der Waals surface area contributed by atoms with Crippen LogP contribution in [0.4, 0.5) is 0 Å². The maximum absolute atomic E-state index is 12.5. The molecule has 2 aromatic carbocycles. The van der Waals surface area contributed by atoms with Gasteiger partial charge in [0.15, 0.2) is 0 Å². The van der Waals surface area contributed by atoms with Crippen molar-refractivity contribution >= 4 is 10.0 Å². The first-order chi connectivity index (χ1) is 14.5. The van der Waals surface area contributed by atoms with Gasteiger partial charge in [-0.1, -0.05) is 12.1 Å². The van der Waals surface area contributed by atoms with Crippen molar-refractivity contribution in [2.24, 2.45) is 5.92 Å². The summed E-state index contributed by atoms with van der Waals surface area (Å²) in [6.45, 7) is 3.51. The predicted molar refractivity (Wildman–Crippen MR) is 115 cm³/mol. The number of sulfonamides is 1. The first kappa shape index (κ1) is 22.6. The van der Waals surface area contributed by atoms with Gasteiger partial charge in [-0.05, 0) is 73.8 Å². The highest BCUT2D eigenvalue weighted by molar-refractivity contribution is 7.89. The summed E-state index contributed by atoms with van der Waals surface area (Å²) in [5.41, 5.74) is 1.21. The highest BCUT2D eigenvalue weighted by atomic mass is 32.2. The van der Waals surface area contributed by atoms with E-state index >= 15 is 0 Å². The fourth-order valence-corrected chi connectivity index (χ4v) is 4.64. The number of hydrogen-bond acceptors (Lipinski definition) is 6. The third-order valence-corrected chi connectivity index (χ3v) is 6.77. The van der Waals surface area contributed by atoms with Crippen molar-refractivity contribution in [2.75, 3.05) is 40.0 Å². The first-order valence-electron chi connectivity index (χ1n) is 10.2. The largest absolute Gasteiger partial charge is 0.497 e. The molecule has 8 heteroatoms. The van der Waals surface area contributed by atoms with E-state index in [2.05, 4.69) is 9.62 Å². The average Bonchev–Trinajstić information content (AvgIpc) is 2.78. The molecule has 0 aliphatic carbocycles. The van der Waals surface area contributed by atoms with E-state index in [-0.39, 0.29) is 11.5 Å². The van der Waals surface area contributed by atoms with Gasteiger partial charge < -0.3 is 14.6 Å². The van der Waals surface area contributed by atoms with Crippen LogP contribution in [0.25, 0.3) is 0 Å². The fraction of sp³-hybridized carbons (Fsp3) is 0.455. The van der Waals surface area contributed by atoms with E-state index in [1.807, 2.05) is 24.3 Å². The number of ether oxygens (including phenoxy) is 2. The summed E-state index contributed by atoms with van der Waals surface area (Å²) in [6, 6.07) is 14.4. The van der Waals surface area contributed by atoms with Crippen molar-refractivity contribution in [1.82, 2.24) is 9.62 Å². The van der Waals surface area contributed by atoms with E-state index in [1.54, 1.807) is 31.4 Å². The lowest BCUT2D eigenvalue weighted by Crippen LogP contribution is -2.38. The maximum Gasteiger partial charge on any atom is 0.240 e. The molecule has 0 amide bonds. The zero-order chi connectivity index (χ0) is 21.4. The smallest absolute Gasteiger partial charge is 0.240 e. The molecule has 1 heterocycles. The molecule has 164 valence electrons. The Bertz CT molecular complexity index is 877. The van der Waals surface area contributed by atoms with E-state index in [0.29, 0.717) is 24.8 Å². The standard InChI is InChI=1S/C22H30N2O5S/c1-28-20-6-8-22(9-7-20)30(26,27)23-16-18-10-12-24(13-11-18)17-19-2-4-21(5-3-19)29-15-14-25/h2-9,18,23,25H,10-17H2,1H3. The molecule has 0 atom stereocenters. The number of nitrogens with zero attached hydrogens (tertiary/aromatic N) is 1. The molecule has 30 heavy (non-hydrogen) atoms. The van der Waals surface area contributed by atoms with E-state index in [4.69, 9.17) is 14.6 Å². The summed E-state index contributed by atoms with van der Waals surface area (Å²) < 4.78 is 38.2. The molecule has 2 N–H and O–H groups in total. The molecule has 0 radical (unpaired) electrons. The monoisotopic (exact) mass is 434 g/mol. The molecule has 0 spiro atoms. The summed E-state index contributed by atoms with van der Waals surface area (Å²) in [7, 11) is -1.95. The first-order valence-corrected chi connectivity index (χ1v) is 11.7. The van der Waals surface area contributed by atoms with E-state index in [1.165, 1.54) is 5.56 Å². The van der Waals surface area contributed by atoms with Crippen LogP contribution in [0.1, 0.15) is 18.4 Å². The summed E-state index contributed by atoms with van der Waals surface area (Å²) in [4.78, 5) is 2.64. The van der Waals surface area contributed by atoms with Crippen molar-refractivity contribution in [3.05, 3.63) is 54.1 Å². The summed E-state index contributed by atoms with van der Waals surface area (Å²) in [5.74, 6) is 1.73. The lowest BCUT2D eigenvalue weighted by molar-refractivity contribution is 0.178. The minimum atomic E-state index is -3.50. The molecule has 1 aliphatic rings. The Balaban J connectivity index is 1.42. The van der Waals surface area contributed by atoms with Gasteiger partial charge in [0, 0.05) is 13.1 Å². The second-order valence-electron chi connectivity index (χ2n) is 7.46. The third-order valence-electron chi connectivity index (χ3n) is 5.33. The van der Waals surface area contributed by atoms with Crippen molar-refractivity contribution in [1.29, 1.82) is 0 Å². The molecule has 1 fully saturated rings. The molecule has 0 saturated carbocycles. The Morgan fingerprint density at radius 1 is 1.03 bits per heavy atom. The molecular formula is C22H30N2O5S. The van der Waals surface area contributed by atoms with Gasteiger partial charge in [0.1, 0.15) is 18.1 Å². The van der Waals surface area contributed by atoms with Gasteiger partial charge in [0.25, 0.3) is 0 Å². The number of piperidine rings is 1. The van der Waals surface area contributed by atoms with Crippen LogP contribution in [-0.4, -0.2) is 58.4 Å². The van der Waals surface area contributed by atoms with Gasteiger partial charge in [0.2, 0.25) is 10.0 Å². The Morgan fingerprint density at radius 2 is 1.67 bits per heavy atom. The van der Waals surface area contributed by atoms with Crippen molar-refractivity contribution in [3.63, 3.8) is 0 Å². The second-order valence-corrected chi connectivity index (χ2v) is 9.23. The lowest BCUT2D eigenvalue weighted by Gasteiger charge is -2.32. The van der Waals surface area contributed by atoms with Crippen LogP contribution in [0, 0.1) is 5.92 Å². The second kappa shape index (κ2) is 10.8. The fourth-order valence-electron chi connectivity index (χ4n) is 3.53. The van der Waals surface area contributed by atoms with Crippen LogP contribution in [0.2, 0.25) is 0 Å². The van der Waals surface area contributed by atoms with Gasteiger partial charge in [-0.2, -0.15) is 0 Å². The minimum Gasteiger partial charge on any atom is -0.497 e. The van der Waals surface area contributed by atoms with E-state index in [9.17, 15) is 8.42 Å². The van der Waals surface area contributed by atoms with E-state index in [0.717, 1.165) is 38.2 Å². The van der Waals surface area contributed by atoms with Crippen LogP contribution in [-0.2, 0) is 16.6 Å². The van der Waals surface area contributed by atoms with Crippen LogP contribution >= 0.6 is 0 Å². The van der Waals surface area contributed by atoms with E-state index < -0.39 is 10.0 Å². The molecule has 1 aliphatic heterocycles. The van der Waals surface area contributed by atoms with Gasteiger partial charge in [-0.25, -0.2) is 13.1 Å². The van der Waals surface area contributed by atoms with Crippen molar-refractivity contribution < 1.29 is 23.0 Å². The van der Waals surface area contributed by atoms with Crippen LogP contribution in [0.5, 0.6) is 11.5 Å². The molecule has 0 bridgehead atoms. The minimum absolute atomic E-state index is 0.00690. The molecule has 2 aromatic rings. The summed E-state index contributed by atoms with van der Waals surface area (Å²) in [6.07, 6.45) is 1.92.